The van der Waals surface area contributed by atoms with E-state index in [0.29, 0.717) is 34.3 Å². The molecule has 3 amide bonds. The molecule has 0 aliphatic rings. The molecule has 0 heterocycles. The van der Waals surface area contributed by atoms with Gasteiger partial charge in [-0.1, -0.05) is 0 Å². The van der Waals surface area contributed by atoms with Gasteiger partial charge in [-0.05, 0) is 91.0 Å². The van der Waals surface area contributed by atoms with Gasteiger partial charge in [0.05, 0.1) is 0 Å². The maximum Gasteiger partial charge on any atom is 0.308 e. The number of benzene rings is 4. The van der Waals surface area contributed by atoms with E-state index in [1.54, 1.807) is 0 Å². The van der Waals surface area contributed by atoms with Crippen molar-refractivity contribution in [1.82, 2.24) is 0 Å². The fourth-order valence-corrected chi connectivity index (χ4v) is 3.95. The van der Waals surface area contributed by atoms with Crippen LogP contribution in [0.25, 0.3) is 0 Å². The van der Waals surface area contributed by atoms with E-state index >= 15 is 0 Å². The lowest BCUT2D eigenvalue weighted by Crippen LogP contribution is -2.19. The number of carbonyl (C=O) groups excluding carboxylic acids is 6. The number of rotatable bonds is 9. The molecule has 228 valence electrons. The monoisotopic (exact) mass is 609 g/mol. The molecular weight excluding hydrogens is 582 g/mol. The molecule has 0 saturated heterocycles. The first-order valence-electron chi connectivity index (χ1n) is 13.4. The first kappa shape index (κ1) is 31.6. The molecule has 0 radical (unpaired) electrons. The third-order valence-corrected chi connectivity index (χ3v) is 5.84. The molecular formula is C33H27N3O9. The first-order valence-corrected chi connectivity index (χ1v) is 13.4. The van der Waals surface area contributed by atoms with Crippen LogP contribution < -0.4 is 30.2 Å². The van der Waals surface area contributed by atoms with Crippen LogP contribution in [0.1, 0.15) is 51.8 Å². The van der Waals surface area contributed by atoms with Crippen LogP contribution in [0, 0.1) is 0 Å². The van der Waals surface area contributed by atoms with E-state index < -0.39 is 35.6 Å². The van der Waals surface area contributed by atoms with Crippen molar-refractivity contribution in [2.75, 3.05) is 16.0 Å². The molecule has 4 aromatic rings. The van der Waals surface area contributed by atoms with Crippen molar-refractivity contribution in [2.45, 2.75) is 20.8 Å². The Balaban J connectivity index is 1.59. The molecule has 12 heteroatoms. The fraction of sp³-hybridized carbons (Fsp3) is 0.0909. The number of anilines is 3. The zero-order valence-electron chi connectivity index (χ0n) is 24.3. The summed E-state index contributed by atoms with van der Waals surface area (Å²) >= 11 is 0. The van der Waals surface area contributed by atoms with Gasteiger partial charge in [-0.25, -0.2) is 0 Å². The fourth-order valence-electron chi connectivity index (χ4n) is 3.95. The van der Waals surface area contributed by atoms with Crippen molar-refractivity contribution in [1.29, 1.82) is 0 Å². The van der Waals surface area contributed by atoms with Gasteiger partial charge in [-0.2, -0.15) is 0 Å². The van der Waals surface area contributed by atoms with E-state index in [-0.39, 0.29) is 16.7 Å². The van der Waals surface area contributed by atoms with E-state index in [4.69, 9.17) is 14.2 Å². The molecule has 0 aliphatic heterocycles. The highest BCUT2D eigenvalue weighted by molar-refractivity contribution is 6.13. The van der Waals surface area contributed by atoms with Crippen LogP contribution in [0.3, 0.4) is 0 Å². The summed E-state index contributed by atoms with van der Waals surface area (Å²) in [5, 5.41) is 8.06. The molecule has 0 unspecified atom stereocenters. The minimum Gasteiger partial charge on any atom is -0.427 e. The summed E-state index contributed by atoms with van der Waals surface area (Å²) < 4.78 is 15.0. The summed E-state index contributed by atoms with van der Waals surface area (Å²) in [5.41, 5.74) is 1.14. The molecule has 0 atom stereocenters. The maximum absolute atomic E-state index is 13.3. The molecule has 4 aromatic carbocycles. The average Bonchev–Trinajstić information content (AvgIpc) is 2.99. The van der Waals surface area contributed by atoms with Crippen LogP contribution in [0.2, 0.25) is 0 Å². The number of nitrogens with one attached hydrogen (secondary N) is 3. The summed E-state index contributed by atoms with van der Waals surface area (Å²) in [7, 11) is 0. The van der Waals surface area contributed by atoms with E-state index in [1.807, 2.05) is 0 Å². The van der Waals surface area contributed by atoms with Gasteiger partial charge >= 0.3 is 17.9 Å². The SMILES string of the molecule is CC(=O)Oc1ccc(NC(=O)c2cc(C(=O)Nc3ccc(OC(C)=O)cc3)cc(C(=O)Nc3ccc(OC(C)=O)cc3)c2)cc1. The Morgan fingerprint density at radius 2 is 0.622 bits per heavy atom. The van der Waals surface area contributed by atoms with Crippen LogP contribution >= 0.6 is 0 Å². The highest BCUT2D eigenvalue weighted by Gasteiger charge is 2.18. The van der Waals surface area contributed by atoms with E-state index in [0.717, 1.165) is 0 Å². The van der Waals surface area contributed by atoms with Crippen LogP contribution in [-0.4, -0.2) is 35.6 Å². The summed E-state index contributed by atoms with van der Waals surface area (Å²) in [4.78, 5) is 73.3. The number of esters is 3. The molecule has 0 aromatic heterocycles. The molecule has 0 saturated carbocycles. The second-order valence-corrected chi connectivity index (χ2v) is 9.52. The summed E-state index contributed by atoms with van der Waals surface area (Å²) in [6.45, 7) is 3.80. The first-order chi connectivity index (χ1) is 21.4. The predicted octanol–water partition coefficient (Wildman–Crippen LogP) is 5.22. The highest BCUT2D eigenvalue weighted by atomic mass is 16.5. The Morgan fingerprint density at radius 1 is 0.400 bits per heavy atom. The number of carbonyl (C=O) groups is 6. The van der Waals surface area contributed by atoms with E-state index in [9.17, 15) is 28.8 Å². The standard InChI is InChI=1S/C33H27N3O9/c1-19(37)43-28-10-4-25(5-11-28)34-31(40)22-16-23(32(41)35-26-6-12-29(13-7-26)44-20(2)38)18-24(17-22)33(42)36-27-8-14-30(15-9-27)45-21(3)39/h4-18H,1-3H3,(H,34,40)(H,35,41)(H,36,42). The maximum atomic E-state index is 13.3. The number of hydrogen-bond acceptors (Lipinski definition) is 9. The Hall–Kier alpha value is -6.30. The van der Waals surface area contributed by atoms with Gasteiger partial charge in [0.15, 0.2) is 0 Å². The van der Waals surface area contributed by atoms with Gasteiger partial charge in [0.1, 0.15) is 17.2 Å². The quantitative estimate of drug-likeness (QED) is 0.170. The molecule has 3 N–H and O–H groups in total. The van der Waals surface area contributed by atoms with E-state index in [2.05, 4.69) is 16.0 Å². The summed E-state index contributed by atoms with van der Waals surface area (Å²) in [5.74, 6) is -2.45. The Morgan fingerprint density at radius 3 is 0.822 bits per heavy atom. The number of ether oxygens (including phenoxy) is 3. The van der Waals surface area contributed by atoms with Crippen molar-refractivity contribution in [3.8, 4) is 17.2 Å². The second kappa shape index (κ2) is 14.2. The van der Waals surface area contributed by atoms with Gasteiger partial charge in [-0.3, -0.25) is 28.8 Å². The topological polar surface area (TPSA) is 166 Å². The molecule has 0 bridgehead atoms. The third-order valence-electron chi connectivity index (χ3n) is 5.84. The normalized spacial score (nSPS) is 10.2. The molecule has 0 spiro atoms. The molecule has 45 heavy (non-hydrogen) atoms. The van der Waals surface area contributed by atoms with Crippen molar-refractivity contribution in [3.63, 3.8) is 0 Å². The predicted molar refractivity (Wildman–Crippen MR) is 164 cm³/mol. The molecule has 0 fully saturated rings. The van der Waals surface area contributed by atoms with E-state index in [1.165, 1.54) is 112 Å². The molecule has 12 nitrogen and oxygen atoms in total. The van der Waals surface area contributed by atoms with Gasteiger partial charge in [-0.15, -0.1) is 0 Å². The van der Waals surface area contributed by atoms with Crippen molar-refractivity contribution >= 4 is 52.7 Å². The van der Waals surface area contributed by atoms with Crippen LogP contribution in [0.15, 0.2) is 91.0 Å². The lowest BCUT2D eigenvalue weighted by Gasteiger charge is -2.12. The molecule has 4 rings (SSSR count). The zero-order chi connectivity index (χ0) is 32.5. The van der Waals surface area contributed by atoms with Crippen molar-refractivity contribution < 1.29 is 43.0 Å². The molecule has 0 aliphatic carbocycles. The Labute approximate surface area is 257 Å². The minimum atomic E-state index is -0.615. The number of amides is 3. The number of hydrogen-bond donors (Lipinski definition) is 3. The van der Waals surface area contributed by atoms with Crippen molar-refractivity contribution in [3.05, 3.63) is 108 Å². The smallest absolute Gasteiger partial charge is 0.308 e. The van der Waals surface area contributed by atoms with Crippen LogP contribution in [0.5, 0.6) is 17.2 Å². The van der Waals surface area contributed by atoms with Crippen molar-refractivity contribution in [2.24, 2.45) is 0 Å². The van der Waals surface area contributed by atoms with Crippen LogP contribution in [0.4, 0.5) is 17.1 Å². The van der Waals surface area contributed by atoms with Gasteiger partial charge < -0.3 is 30.2 Å². The lowest BCUT2D eigenvalue weighted by atomic mass is 10.0. The lowest BCUT2D eigenvalue weighted by molar-refractivity contribution is -0.132. The average molecular weight is 610 g/mol. The third kappa shape index (κ3) is 9.35. The largest absolute Gasteiger partial charge is 0.427 e. The Bertz CT molecular complexity index is 1540. The second-order valence-electron chi connectivity index (χ2n) is 9.52. The Kier molecular flexibility index (Phi) is 10.0. The summed E-state index contributed by atoms with van der Waals surface area (Å²) in [6.07, 6.45) is 0. The zero-order valence-corrected chi connectivity index (χ0v) is 24.3. The minimum absolute atomic E-state index is 0.00674. The van der Waals surface area contributed by atoms with Gasteiger partial charge in [0.2, 0.25) is 0 Å². The van der Waals surface area contributed by atoms with Gasteiger partial charge in [0, 0.05) is 54.5 Å². The summed E-state index contributed by atoms with van der Waals surface area (Å²) in [6, 6.07) is 22.1. The highest BCUT2D eigenvalue weighted by Crippen LogP contribution is 2.22. The van der Waals surface area contributed by atoms with Crippen LogP contribution in [-0.2, 0) is 14.4 Å². The van der Waals surface area contributed by atoms with Gasteiger partial charge in [0.25, 0.3) is 17.7 Å².